The van der Waals surface area contributed by atoms with Gasteiger partial charge in [-0.3, -0.25) is 4.79 Å². The number of carbonyl (C=O) groups excluding carboxylic acids is 1. The molecule has 1 aliphatic rings. The monoisotopic (exact) mass is 309 g/mol. The molecule has 0 spiro atoms. The van der Waals surface area contributed by atoms with Crippen molar-refractivity contribution in [3.05, 3.63) is 23.8 Å². The van der Waals surface area contributed by atoms with Crippen LogP contribution >= 0.6 is 0 Å². The molecule has 0 saturated carbocycles. The number of hydrogen-bond acceptors (Lipinski definition) is 5. The summed E-state index contributed by atoms with van der Waals surface area (Å²) in [5.41, 5.74) is 0.963. The first-order valence-corrected chi connectivity index (χ1v) is 7.47. The molecule has 0 fully saturated rings. The lowest BCUT2D eigenvalue weighted by atomic mass is 9.95. The summed E-state index contributed by atoms with van der Waals surface area (Å²) in [5.74, 6) is 1.02. The number of rotatable bonds is 7. The van der Waals surface area contributed by atoms with Crippen molar-refractivity contribution in [2.45, 2.75) is 19.4 Å². The Morgan fingerprint density at radius 3 is 3.05 bits per heavy atom. The molecular formula is C16H23NO5. The Morgan fingerprint density at radius 2 is 2.36 bits per heavy atom. The van der Waals surface area contributed by atoms with E-state index in [0.717, 1.165) is 11.3 Å². The average molecular weight is 309 g/mol. The molecule has 1 aliphatic heterocycles. The van der Waals surface area contributed by atoms with Crippen LogP contribution in [0.2, 0.25) is 0 Å². The van der Waals surface area contributed by atoms with Gasteiger partial charge in [0.2, 0.25) is 5.91 Å². The van der Waals surface area contributed by atoms with Gasteiger partial charge in [-0.2, -0.15) is 0 Å². The lowest BCUT2D eigenvalue weighted by Gasteiger charge is -2.27. The molecule has 0 aromatic heterocycles. The van der Waals surface area contributed by atoms with E-state index in [1.54, 1.807) is 0 Å². The number of methoxy groups -OCH3 is 1. The quantitative estimate of drug-likeness (QED) is 0.777. The van der Waals surface area contributed by atoms with Crippen LogP contribution in [0, 0.1) is 5.92 Å². The van der Waals surface area contributed by atoms with E-state index >= 15 is 0 Å². The predicted molar refractivity (Wildman–Crippen MR) is 81.2 cm³/mol. The number of aliphatic hydroxyl groups is 1. The molecular weight excluding hydrogens is 286 g/mol. The van der Waals surface area contributed by atoms with Crippen LogP contribution in [0.3, 0.4) is 0 Å². The molecule has 22 heavy (non-hydrogen) atoms. The highest BCUT2D eigenvalue weighted by molar-refractivity contribution is 5.80. The Balaban J connectivity index is 2.02. The largest absolute Gasteiger partial charge is 0.490 e. The lowest BCUT2D eigenvalue weighted by molar-refractivity contribution is -0.127. The van der Waals surface area contributed by atoms with Gasteiger partial charge in [0.25, 0.3) is 0 Å². The van der Waals surface area contributed by atoms with Crippen LogP contribution in [0.1, 0.15) is 12.5 Å². The molecule has 2 atom stereocenters. The molecule has 2 rings (SSSR count). The van der Waals surface area contributed by atoms with Crippen molar-refractivity contribution in [1.82, 2.24) is 5.32 Å². The maximum absolute atomic E-state index is 12.3. The first-order chi connectivity index (χ1) is 10.7. The maximum Gasteiger partial charge on any atom is 0.227 e. The van der Waals surface area contributed by atoms with Gasteiger partial charge in [0.05, 0.1) is 31.8 Å². The number of ether oxygens (including phenoxy) is 3. The van der Waals surface area contributed by atoms with E-state index in [1.807, 2.05) is 25.1 Å². The Bertz CT molecular complexity index is 505. The van der Waals surface area contributed by atoms with Crippen LogP contribution in [-0.4, -0.2) is 50.6 Å². The average Bonchev–Trinajstić information content (AvgIpc) is 2.54. The van der Waals surface area contributed by atoms with Crippen LogP contribution in [0.5, 0.6) is 11.5 Å². The molecule has 1 aromatic rings. The highest BCUT2D eigenvalue weighted by Crippen LogP contribution is 2.36. The number of hydrogen-bond donors (Lipinski definition) is 2. The molecule has 122 valence electrons. The van der Waals surface area contributed by atoms with Crippen molar-refractivity contribution < 1.29 is 24.1 Å². The number of para-hydroxylation sites is 1. The minimum absolute atomic E-state index is 0.136. The van der Waals surface area contributed by atoms with Crippen LogP contribution in [0.25, 0.3) is 0 Å². The van der Waals surface area contributed by atoms with Gasteiger partial charge in [-0.1, -0.05) is 12.1 Å². The van der Waals surface area contributed by atoms with Gasteiger partial charge in [0, 0.05) is 7.11 Å². The Kier molecular flexibility index (Phi) is 6.03. The van der Waals surface area contributed by atoms with Crippen molar-refractivity contribution in [3.8, 4) is 11.5 Å². The first kappa shape index (κ1) is 16.6. The molecule has 0 bridgehead atoms. The van der Waals surface area contributed by atoms with E-state index in [-0.39, 0.29) is 25.0 Å². The highest BCUT2D eigenvalue weighted by atomic mass is 16.5. The Hall–Kier alpha value is -1.79. The fourth-order valence-corrected chi connectivity index (χ4v) is 2.49. The number of aliphatic hydroxyl groups excluding tert-OH is 1. The summed E-state index contributed by atoms with van der Waals surface area (Å²) in [6.45, 7) is 2.91. The molecule has 2 N–H and O–H groups in total. The molecule has 6 nitrogen and oxygen atoms in total. The Morgan fingerprint density at radius 1 is 1.55 bits per heavy atom. The van der Waals surface area contributed by atoms with E-state index in [0.29, 0.717) is 25.4 Å². The zero-order valence-electron chi connectivity index (χ0n) is 13.0. The van der Waals surface area contributed by atoms with Gasteiger partial charge in [-0.05, 0) is 25.0 Å². The number of fused-ring (bicyclic) bond motifs is 1. The molecule has 1 heterocycles. The number of carbonyl (C=O) groups is 1. The van der Waals surface area contributed by atoms with Gasteiger partial charge in [0.1, 0.15) is 6.61 Å². The van der Waals surface area contributed by atoms with Crippen molar-refractivity contribution in [3.63, 3.8) is 0 Å². The third kappa shape index (κ3) is 3.90. The summed E-state index contributed by atoms with van der Waals surface area (Å²) in [4.78, 5) is 12.3. The predicted octanol–water partition coefficient (Wildman–Crippen LogP) is 0.760. The summed E-state index contributed by atoms with van der Waals surface area (Å²) in [6.07, 6.45) is 0.590. The molecule has 0 radical (unpaired) electrons. The molecule has 1 aromatic carbocycles. The number of amides is 1. The third-order valence-electron chi connectivity index (χ3n) is 3.56. The second kappa shape index (κ2) is 8.00. The second-order valence-electron chi connectivity index (χ2n) is 5.23. The summed E-state index contributed by atoms with van der Waals surface area (Å²) >= 11 is 0. The zero-order chi connectivity index (χ0) is 15.9. The maximum atomic E-state index is 12.3. The first-order valence-electron chi connectivity index (χ1n) is 7.47. The zero-order valence-corrected chi connectivity index (χ0v) is 13.0. The topological polar surface area (TPSA) is 77.0 Å². The van der Waals surface area contributed by atoms with E-state index in [4.69, 9.17) is 14.2 Å². The summed E-state index contributed by atoms with van der Waals surface area (Å²) in [7, 11) is 1.53. The van der Waals surface area contributed by atoms with Gasteiger partial charge in [0.15, 0.2) is 11.5 Å². The molecule has 2 unspecified atom stereocenters. The smallest absolute Gasteiger partial charge is 0.227 e. The summed E-state index contributed by atoms with van der Waals surface area (Å²) < 4.78 is 16.2. The molecule has 1 amide bonds. The molecule has 6 heteroatoms. The van der Waals surface area contributed by atoms with Gasteiger partial charge in [-0.15, -0.1) is 0 Å². The fourth-order valence-electron chi connectivity index (χ4n) is 2.49. The number of nitrogens with one attached hydrogen (secondary N) is 1. The summed E-state index contributed by atoms with van der Waals surface area (Å²) in [6, 6.07) is 5.31. The molecule has 0 aliphatic carbocycles. The van der Waals surface area contributed by atoms with Crippen LogP contribution in [-0.2, 0) is 16.0 Å². The van der Waals surface area contributed by atoms with Crippen LogP contribution in [0.4, 0.5) is 0 Å². The van der Waals surface area contributed by atoms with Crippen molar-refractivity contribution >= 4 is 5.91 Å². The number of benzene rings is 1. The van der Waals surface area contributed by atoms with E-state index < -0.39 is 6.04 Å². The van der Waals surface area contributed by atoms with Gasteiger partial charge in [-0.25, -0.2) is 0 Å². The third-order valence-corrected chi connectivity index (χ3v) is 3.56. The second-order valence-corrected chi connectivity index (χ2v) is 5.23. The minimum atomic E-state index is -0.395. The fraction of sp³-hybridized carbons (Fsp3) is 0.562. The van der Waals surface area contributed by atoms with Crippen LogP contribution in [0.15, 0.2) is 18.2 Å². The summed E-state index contributed by atoms with van der Waals surface area (Å²) in [5, 5.41) is 12.0. The van der Waals surface area contributed by atoms with Gasteiger partial charge < -0.3 is 24.6 Å². The van der Waals surface area contributed by atoms with Crippen molar-refractivity contribution in [1.29, 1.82) is 0 Å². The minimum Gasteiger partial charge on any atom is -0.490 e. The van der Waals surface area contributed by atoms with E-state index in [9.17, 15) is 9.90 Å². The van der Waals surface area contributed by atoms with E-state index in [2.05, 4.69) is 5.32 Å². The van der Waals surface area contributed by atoms with Crippen molar-refractivity contribution in [2.24, 2.45) is 5.92 Å². The standard InChI is InChI=1S/C16H23NO5/c1-3-21-14-6-4-5-11-7-12(9-22-15(11)14)16(19)17-13(8-18)10-20-2/h4-6,12-13,18H,3,7-10H2,1-2H3,(H,17,19). The van der Waals surface area contributed by atoms with Crippen molar-refractivity contribution in [2.75, 3.05) is 33.5 Å². The SMILES string of the molecule is CCOc1cccc2c1OCC(C(=O)NC(CO)COC)C2. The molecule has 0 saturated heterocycles. The highest BCUT2D eigenvalue weighted by Gasteiger charge is 2.29. The Labute approximate surface area is 130 Å². The van der Waals surface area contributed by atoms with E-state index in [1.165, 1.54) is 7.11 Å². The van der Waals surface area contributed by atoms with Crippen LogP contribution < -0.4 is 14.8 Å². The van der Waals surface area contributed by atoms with Gasteiger partial charge >= 0.3 is 0 Å². The normalized spacial score (nSPS) is 18.0. The lowest BCUT2D eigenvalue weighted by Crippen LogP contribution is -2.46.